The molecular formula is C13H11N5O3S2. The Hall–Kier alpha value is -2.46. The molecule has 0 unspecified atom stereocenters. The second kappa shape index (κ2) is 6.34. The molecule has 0 aliphatic rings. The summed E-state index contributed by atoms with van der Waals surface area (Å²) in [4.78, 5) is 40.6. The molecule has 0 bridgehead atoms. The van der Waals surface area contributed by atoms with Gasteiger partial charge in [-0.25, -0.2) is 14.9 Å². The van der Waals surface area contributed by atoms with Crippen molar-refractivity contribution in [2.75, 3.05) is 11.1 Å². The standard InChI is InChI=1S/C13H11N5O3S2/c1-6-2-3-7-8(4-6)23-13(14-7)15-9(19)5-22-11-10(20)16-12(21)18-17-11/h2-4H,5H2,1H3,(H,14,15,19)(H2,16,18,20,21). The minimum Gasteiger partial charge on any atom is -0.301 e. The highest BCUT2D eigenvalue weighted by Crippen LogP contribution is 2.26. The summed E-state index contributed by atoms with van der Waals surface area (Å²) in [6, 6.07) is 5.86. The molecule has 3 aromatic rings. The van der Waals surface area contributed by atoms with Gasteiger partial charge in [-0.1, -0.05) is 29.2 Å². The summed E-state index contributed by atoms with van der Waals surface area (Å²) in [5, 5.41) is 8.92. The fraction of sp³-hybridized carbons (Fsp3) is 0.154. The number of hydrogen-bond donors (Lipinski definition) is 3. The molecule has 0 aliphatic carbocycles. The van der Waals surface area contributed by atoms with Gasteiger partial charge in [0.05, 0.1) is 16.0 Å². The van der Waals surface area contributed by atoms with Crippen LogP contribution in [0.3, 0.4) is 0 Å². The van der Waals surface area contributed by atoms with Gasteiger partial charge in [-0.05, 0) is 24.6 Å². The quantitative estimate of drug-likeness (QED) is 0.607. The molecule has 1 amide bonds. The van der Waals surface area contributed by atoms with Crippen molar-refractivity contribution in [2.45, 2.75) is 11.9 Å². The number of nitrogens with one attached hydrogen (secondary N) is 3. The first-order valence-corrected chi connectivity index (χ1v) is 8.30. The van der Waals surface area contributed by atoms with Gasteiger partial charge in [0.1, 0.15) is 0 Å². The fourth-order valence-electron chi connectivity index (χ4n) is 1.81. The first-order valence-electron chi connectivity index (χ1n) is 6.50. The van der Waals surface area contributed by atoms with Gasteiger partial charge in [0.2, 0.25) is 5.91 Å². The summed E-state index contributed by atoms with van der Waals surface area (Å²) in [5.74, 6) is -0.324. The van der Waals surface area contributed by atoms with Crippen molar-refractivity contribution in [3.05, 3.63) is 44.6 Å². The molecule has 2 aromatic heterocycles. The number of carbonyl (C=O) groups is 1. The maximum Gasteiger partial charge on any atom is 0.342 e. The number of fused-ring (bicyclic) bond motifs is 1. The Labute approximate surface area is 137 Å². The van der Waals surface area contributed by atoms with Crippen LogP contribution in [-0.4, -0.2) is 31.8 Å². The van der Waals surface area contributed by atoms with Gasteiger partial charge in [0.15, 0.2) is 10.2 Å². The van der Waals surface area contributed by atoms with Crippen LogP contribution in [0.1, 0.15) is 5.56 Å². The summed E-state index contributed by atoms with van der Waals surface area (Å²) >= 11 is 2.32. The summed E-state index contributed by atoms with van der Waals surface area (Å²) in [6.07, 6.45) is 0. The summed E-state index contributed by atoms with van der Waals surface area (Å²) in [5.41, 5.74) is 0.635. The van der Waals surface area contributed by atoms with Gasteiger partial charge in [-0.3, -0.25) is 14.6 Å². The van der Waals surface area contributed by atoms with Crippen molar-refractivity contribution < 1.29 is 4.79 Å². The average molecular weight is 349 g/mol. The second-order valence-corrected chi connectivity index (χ2v) is 6.63. The number of aromatic nitrogens is 4. The number of H-pyrrole nitrogens is 2. The number of thiazole rings is 1. The fourth-order valence-corrected chi connectivity index (χ4v) is 3.42. The van der Waals surface area contributed by atoms with Crippen LogP contribution in [-0.2, 0) is 4.79 Å². The van der Waals surface area contributed by atoms with E-state index in [1.807, 2.05) is 30.1 Å². The highest BCUT2D eigenvalue weighted by Gasteiger charge is 2.11. The van der Waals surface area contributed by atoms with Gasteiger partial charge in [0.25, 0.3) is 5.56 Å². The van der Waals surface area contributed by atoms with E-state index in [-0.39, 0.29) is 16.7 Å². The molecule has 2 heterocycles. The van der Waals surface area contributed by atoms with Crippen LogP contribution in [0.5, 0.6) is 0 Å². The number of carbonyl (C=O) groups excluding carboxylic acids is 1. The molecule has 0 fully saturated rings. The molecule has 8 nitrogen and oxygen atoms in total. The first-order chi connectivity index (χ1) is 11.0. The van der Waals surface area contributed by atoms with Crippen LogP contribution in [0.4, 0.5) is 5.13 Å². The number of amides is 1. The Morgan fingerprint density at radius 2 is 2.22 bits per heavy atom. The normalized spacial score (nSPS) is 10.8. The van der Waals surface area contributed by atoms with Crippen molar-refractivity contribution in [1.29, 1.82) is 0 Å². The van der Waals surface area contributed by atoms with E-state index in [0.717, 1.165) is 27.5 Å². The highest BCUT2D eigenvalue weighted by molar-refractivity contribution is 7.99. The largest absolute Gasteiger partial charge is 0.342 e. The van der Waals surface area contributed by atoms with Gasteiger partial charge in [0, 0.05) is 0 Å². The Kier molecular flexibility index (Phi) is 4.26. The monoisotopic (exact) mass is 349 g/mol. The van der Waals surface area contributed by atoms with E-state index in [9.17, 15) is 14.4 Å². The topological polar surface area (TPSA) is 121 Å². The van der Waals surface area contributed by atoms with E-state index in [2.05, 4.69) is 20.5 Å². The molecule has 0 aliphatic heterocycles. The van der Waals surface area contributed by atoms with E-state index in [1.54, 1.807) is 0 Å². The summed E-state index contributed by atoms with van der Waals surface area (Å²) in [6.45, 7) is 1.99. The zero-order valence-electron chi connectivity index (χ0n) is 11.9. The molecule has 3 rings (SSSR count). The molecule has 0 saturated carbocycles. The van der Waals surface area contributed by atoms with Gasteiger partial charge in [-0.2, -0.15) is 5.10 Å². The van der Waals surface area contributed by atoms with E-state index in [1.165, 1.54) is 11.3 Å². The highest BCUT2D eigenvalue weighted by atomic mass is 32.2. The van der Waals surface area contributed by atoms with E-state index in [0.29, 0.717) is 5.13 Å². The lowest BCUT2D eigenvalue weighted by molar-refractivity contribution is -0.113. The number of thioether (sulfide) groups is 1. The lowest BCUT2D eigenvalue weighted by Crippen LogP contribution is -2.25. The molecule has 3 N–H and O–H groups in total. The molecule has 0 saturated heterocycles. The minimum absolute atomic E-state index is 0.0168. The Bertz CT molecular complexity index is 991. The van der Waals surface area contributed by atoms with Crippen molar-refractivity contribution >= 4 is 44.4 Å². The van der Waals surface area contributed by atoms with E-state index >= 15 is 0 Å². The Morgan fingerprint density at radius 1 is 1.39 bits per heavy atom. The number of benzene rings is 1. The number of aryl methyl sites for hydroxylation is 1. The smallest absolute Gasteiger partial charge is 0.301 e. The lowest BCUT2D eigenvalue weighted by Gasteiger charge is -2.00. The van der Waals surface area contributed by atoms with Gasteiger partial charge < -0.3 is 5.32 Å². The number of hydrogen-bond acceptors (Lipinski definition) is 7. The third-order valence-corrected chi connectivity index (χ3v) is 4.70. The predicted molar refractivity (Wildman–Crippen MR) is 89.2 cm³/mol. The van der Waals surface area contributed by atoms with Crippen LogP contribution in [0, 0.1) is 6.92 Å². The molecule has 0 spiro atoms. The molecule has 118 valence electrons. The molecule has 0 radical (unpaired) electrons. The minimum atomic E-state index is -0.687. The van der Waals surface area contributed by atoms with Crippen LogP contribution in [0.25, 0.3) is 10.2 Å². The van der Waals surface area contributed by atoms with Crippen LogP contribution < -0.4 is 16.6 Å². The number of aromatic amines is 2. The van der Waals surface area contributed by atoms with Crippen molar-refractivity contribution in [2.24, 2.45) is 0 Å². The number of anilines is 1. The predicted octanol–water partition coefficient (Wildman–Crippen LogP) is 1.11. The Morgan fingerprint density at radius 3 is 3.00 bits per heavy atom. The van der Waals surface area contributed by atoms with Crippen molar-refractivity contribution in [1.82, 2.24) is 20.2 Å². The third-order valence-electron chi connectivity index (χ3n) is 2.81. The SMILES string of the molecule is Cc1ccc2nc(NC(=O)CSc3n[nH]c(=O)[nH]c3=O)sc2c1. The zero-order valence-corrected chi connectivity index (χ0v) is 13.5. The van der Waals surface area contributed by atoms with Crippen molar-refractivity contribution in [3.63, 3.8) is 0 Å². The maximum absolute atomic E-state index is 11.9. The summed E-state index contributed by atoms with van der Waals surface area (Å²) < 4.78 is 0.992. The van der Waals surface area contributed by atoms with Gasteiger partial charge in [-0.15, -0.1) is 0 Å². The van der Waals surface area contributed by atoms with E-state index < -0.39 is 11.2 Å². The maximum atomic E-state index is 11.9. The lowest BCUT2D eigenvalue weighted by atomic mass is 10.2. The molecular weight excluding hydrogens is 338 g/mol. The van der Waals surface area contributed by atoms with Crippen LogP contribution >= 0.6 is 23.1 Å². The van der Waals surface area contributed by atoms with Crippen molar-refractivity contribution in [3.8, 4) is 0 Å². The van der Waals surface area contributed by atoms with Gasteiger partial charge >= 0.3 is 5.69 Å². The third kappa shape index (κ3) is 3.66. The zero-order chi connectivity index (χ0) is 16.4. The Balaban J connectivity index is 1.66. The molecule has 23 heavy (non-hydrogen) atoms. The first kappa shape index (κ1) is 15.4. The van der Waals surface area contributed by atoms with E-state index in [4.69, 9.17) is 0 Å². The van der Waals surface area contributed by atoms with Crippen LogP contribution in [0.2, 0.25) is 0 Å². The molecule has 1 aromatic carbocycles. The number of rotatable bonds is 4. The molecule has 0 atom stereocenters. The summed E-state index contributed by atoms with van der Waals surface area (Å²) in [7, 11) is 0. The number of nitrogens with zero attached hydrogens (tertiary/aromatic N) is 2. The second-order valence-electron chi connectivity index (χ2n) is 4.64. The van der Waals surface area contributed by atoms with Crippen LogP contribution in [0.15, 0.2) is 32.8 Å². The average Bonchev–Trinajstić information content (AvgIpc) is 2.87. The molecule has 10 heteroatoms.